The molecule has 51 heavy (non-hydrogen) atoms. The molecule has 5 heteroatoms. The summed E-state index contributed by atoms with van der Waals surface area (Å²) >= 11 is 0. The first-order valence-electron chi connectivity index (χ1n) is 16.7. The van der Waals surface area contributed by atoms with Crippen molar-refractivity contribution in [1.29, 1.82) is 0 Å². The molecular formula is C46H27IrN3O-2. The van der Waals surface area contributed by atoms with Crippen molar-refractivity contribution in [2.75, 3.05) is 0 Å². The van der Waals surface area contributed by atoms with Gasteiger partial charge in [0.15, 0.2) is 5.58 Å². The van der Waals surface area contributed by atoms with Crippen molar-refractivity contribution < 1.29 is 24.5 Å². The predicted molar refractivity (Wildman–Crippen MR) is 204 cm³/mol. The van der Waals surface area contributed by atoms with Gasteiger partial charge < -0.3 is 18.8 Å². The molecule has 0 aliphatic heterocycles. The molecule has 0 aliphatic rings. The molecule has 5 heterocycles. The summed E-state index contributed by atoms with van der Waals surface area (Å²) in [6.07, 6.45) is 3.62. The number of pyridine rings is 2. The molecule has 6 aromatic carbocycles. The van der Waals surface area contributed by atoms with Gasteiger partial charge in [0.1, 0.15) is 5.58 Å². The third-order valence-corrected chi connectivity index (χ3v) is 9.53. The second kappa shape index (κ2) is 12.6. The first kappa shape index (κ1) is 30.9. The molecule has 0 fully saturated rings. The summed E-state index contributed by atoms with van der Waals surface area (Å²) in [6.45, 7) is 0. The average molecular weight is 830 g/mol. The summed E-state index contributed by atoms with van der Waals surface area (Å²) in [7, 11) is 0. The minimum Gasteiger partial charge on any atom is -0.454 e. The molecule has 1 radical (unpaired) electrons. The van der Waals surface area contributed by atoms with Crippen LogP contribution in [0, 0.1) is 12.1 Å². The van der Waals surface area contributed by atoms with E-state index in [1.54, 1.807) is 6.20 Å². The standard InChI is InChI=1S/C35H19N2O.C11H8N.Ir/c1-2-8-21(9-3-1)23-19-28-25-14-15-26-24-10-4-5-12-32(24)38-35(26)34(25)37-31-16-13-22(30-11-6-7-17-36-30)18-27(31)29(20-23)33(28)37;1-2-6-10(7-3-1)11-8-4-5-9-12-11;/h1-12,14-20H;1-6,8-9H;/q2*-1;. The summed E-state index contributed by atoms with van der Waals surface area (Å²) in [5, 5.41) is 7.13. The Morgan fingerprint density at radius 2 is 1.18 bits per heavy atom. The maximum Gasteiger partial charge on any atom is 0.159 e. The van der Waals surface area contributed by atoms with Crippen LogP contribution in [0.2, 0.25) is 0 Å². The van der Waals surface area contributed by atoms with Crippen molar-refractivity contribution in [3.8, 4) is 33.6 Å². The molecule has 0 aliphatic carbocycles. The van der Waals surface area contributed by atoms with Crippen molar-refractivity contribution in [3.05, 3.63) is 176 Å². The molecular weight excluding hydrogens is 803 g/mol. The summed E-state index contributed by atoms with van der Waals surface area (Å²) in [5.41, 5.74) is 11.6. The Bertz CT molecular complexity index is 2920. The summed E-state index contributed by atoms with van der Waals surface area (Å²) in [4.78, 5) is 8.81. The third-order valence-electron chi connectivity index (χ3n) is 9.53. The maximum atomic E-state index is 6.54. The molecule has 11 rings (SSSR count). The van der Waals surface area contributed by atoms with E-state index in [2.05, 4.69) is 105 Å². The van der Waals surface area contributed by atoms with Gasteiger partial charge in [0.05, 0.1) is 11.0 Å². The van der Waals surface area contributed by atoms with Gasteiger partial charge >= 0.3 is 0 Å². The Labute approximate surface area is 307 Å². The topological polar surface area (TPSA) is 43.3 Å². The number of furan rings is 1. The SMILES string of the molecule is [Ir].[c-]1cc2c(cc1-c1ccccn1)c1cc(-c3ccccc3)cc3c4ccc5c6ccccc6oc5c4n2c13.[c-]1ccccc1-c1ccccn1. The van der Waals surface area contributed by atoms with E-state index in [-0.39, 0.29) is 20.1 Å². The fraction of sp³-hybridized carbons (Fsp3) is 0. The zero-order chi connectivity index (χ0) is 33.0. The number of aromatic nitrogens is 3. The minimum absolute atomic E-state index is 0. The molecule has 4 nitrogen and oxygen atoms in total. The minimum atomic E-state index is 0. The van der Waals surface area contributed by atoms with Gasteiger partial charge in [-0.1, -0.05) is 84.2 Å². The van der Waals surface area contributed by atoms with Crippen molar-refractivity contribution in [2.24, 2.45) is 0 Å². The molecule has 0 saturated carbocycles. The average Bonchev–Trinajstić information content (AvgIpc) is 3.86. The summed E-state index contributed by atoms with van der Waals surface area (Å²) in [5.74, 6) is 0. The number of para-hydroxylation sites is 1. The van der Waals surface area contributed by atoms with Crippen molar-refractivity contribution in [3.63, 3.8) is 0 Å². The van der Waals surface area contributed by atoms with E-state index in [1.807, 2.05) is 79.0 Å². The quantitative estimate of drug-likeness (QED) is 0.167. The molecule has 243 valence electrons. The van der Waals surface area contributed by atoms with E-state index in [1.165, 1.54) is 38.2 Å². The molecule has 0 N–H and O–H groups in total. The zero-order valence-corrected chi connectivity index (χ0v) is 29.6. The van der Waals surface area contributed by atoms with Gasteiger partial charge in [0.25, 0.3) is 0 Å². The van der Waals surface area contributed by atoms with Gasteiger partial charge in [-0.2, -0.15) is 0 Å². The van der Waals surface area contributed by atoms with E-state index in [0.717, 1.165) is 55.5 Å². The molecule has 0 amide bonds. The Morgan fingerprint density at radius 3 is 1.92 bits per heavy atom. The van der Waals surface area contributed by atoms with Gasteiger partial charge in [-0.15, -0.1) is 59.7 Å². The normalized spacial score (nSPS) is 11.4. The van der Waals surface area contributed by atoms with E-state index in [9.17, 15) is 0 Å². The Balaban J connectivity index is 0.000000228. The van der Waals surface area contributed by atoms with Gasteiger partial charge in [-0.05, 0) is 69.8 Å². The molecule has 0 atom stereocenters. The molecule has 0 unspecified atom stereocenters. The smallest absolute Gasteiger partial charge is 0.159 e. The van der Waals surface area contributed by atoms with Gasteiger partial charge in [0.2, 0.25) is 0 Å². The van der Waals surface area contributed by atoms with Crippen molar-refractivity contribution in [1.82, 2.24) is 14.4 Å². The first-order chi connectivity index (χ1) is 24.8. The predicted octanol–water partition coefficient (Wildman–Crippen LogP) is 11.8. The van der Waals surface area contributed by atoms with Crippen LogP contribution in [-0.2, 0) is 20.1 Å². The van der Waals surface area contributed by atoms with E-state index in [0.29, 0.717) is 0 Å². The number of benzene rings is 6. The van der Waals surface area contributed by atoms with E-state index in [4.69, 9.17) is 4.42 Å². The fourth-order valence-corrected chi connectivity index (χ4v) is 7.28. The van der Waals surface area contributed by atoms with Crippen LogP contribution < -0.4 is 0 Å². The second-order valence-corrected chi connectivity index (χ2v) is 12.4. The number of rotatable bonds is 3. The van der Waals surface area contributed by atoms with Crippen LogP contribution in [0.5, 0.6) is 0 Å². The largest absolute Gasteiger partial charge is 0.454 e. The number of hydrogen-bond donors (Lipinski definition) is 0. The fourth-order valence-electron chi connectivity index (χ4n) is 7.28. The van der Waals surface area contributed by atoms with Crippen molar-refractivity contribution >= 4 is 60.0 Å². The van der Waals surface area contributed by atoms with Crippen LogP contribution in [0.25, 0.3) is 93.7 Å². The molecule has 11 aromatic rings. The Kier molecular flexibility index (Phi) is 7.66. The number of fused-ring (bicyclic) bond motifs is 10. The molecule has 5 aromatic heterocycles. The van der Waals surface area contributed by atoms with Crippen LogP contribution in [0.3, 0.4) is 0 Å². The van der Waals surface area contributed by atoms with Crippen LogP contribution >= 0.6 is 0 Å². The Morgan fingerprint density at radius 1 is 0.490 bits per heavy atom. The number of hydrogen-bond acceptors (Lipinski definition) is 3. The van der Waals surface area contributed by atoms with E-state index < -0.39 is 0 Å². The third kappa shape index (κ3) is 5.09. The summed E-state index contributed by atoms with van der Waals surface area (Å²) < 4.78 is 8.93. The van der Waals surface area contributed by atoms with Crippen molar-refractivity contribution in [2.45, 2.75) is 0 Å². The van der Waals surface area contributed by atoms with Crippen LogP contribution in [-0.4, -0.2) is 14.4 Å². The zero-order valence-electron chi connectivity index (χ0n) is 27.2. The monoisotopic (exact) mass is 830 g/mol. The van der Waals surface area contributed by atoms with Crippen LogP contribution in [0.4, 0.5) is 0 Å². The molecule has 0 spiro atoms. The van der Waals surface area contributed by atoms with E-state index >= 15 is 0 Å². The molecule has 0 bridgehead atoms. The van der Waals surface area contributed by atoms with Gasteiger partial charge in [0, 0.05) is 54.0 Å². The maximum absolute atomic E-state index is 6.54. The second-order valence-electron chi connectivity index (χ2n) is 12.4. The molecule has 0 saturated heterocycles. The summed E-state index contributed by atoms with van der Waals surface area (Å²) in [6, 6.07) is 58.7. The Hall–Kier alpha value is -6.13. The van der Waals surface area contributed by atoms with Crippen LogP contribution in [0.1, 0.15) is 0 Å². The number of nitrogens with zero attached hydrogens (tertiary/aromatic N) is 3. The van der Waals surface area contributed by atoms with Crippen LogP contribution in [0.15, 0.2) is 168 Å². The van der Waals surface area contributed by atoms with Gasteiger partial charge in [-0.25, -0.2) is 0 Å². The first-order valence-corrected chi connectivity index (χ1v) is 16.7. The van der Waals surface area contributed by atoms with Gasteiger partial charge in [-0.3, -0.25) is 0 Å².